The van der Waals surface area contributed by atoms with Crippen molar-refractivity contribution in [1.29, 1.82) is 0 Å². The summed E-state index contributed by atoms with van der Waals surface area (Å²) in [6, 6.07) is 6.92. The number of anilines is 1. The zero-order valence-corrected chi connectivity index (χ0v) is 14.6. The summed E-state index contributed by atoms with van der Waals surface area (Å²) in [6.45, 7) is 3.94. The van der Waals surface area contributed by atoms with Gasteiger partial charge in [-0.25, -0.2) is 4.79 Å². The number of hydrogen-bond acceptors (Lipinski definition) is 6. The predicted molar refractivity (Wildman–Crippen MR) is 94.1 cm³/mol. The van der Waals surface area contributed by atoms with E-state index in [4.69, 9.17) is 9.63 Å². The van der Waals surface area contributed by atoms with E-state index >= 15 is 0 Å². The van der Waals surface area contributed by atoms with Crippen molar-refractivity contribution in [2.75, 3.05) is 5.32 Å². The van der Waals surface area contributed by atoms with E-state index < -0.39 is 5.97 Å². The summed E-state index contributed by atoms with van der Waals surface area (Å²) in [7, 11) is 0. The number of fused-ring (bicyclic) bond motifs is 1. The van der Waals surface area contributed by atoms with Gasteiger partial charge in [-0.2, -0.15) is 4.98 Å². The number of carboxylic acids is 1. The minimum absolute atomic E-state index is 0.169. The van der Waals surface area contributed by atoms with E-state index in [2.05, 4.69) is 15.5 Å². The molecule has 0 bridgehead atoms. The molecule has 130 valence electrons. The molecular weight excluding hydrogens is 342 g/mol. The van der Waals surface area contributed by atoms with Crippen molar-refractivity contribution in [1.82, 2.24) is 10.1 Å². The number of thiophene rings is 1. The SMILES string of the molecule is CC(C)c1noc(CCC(=O)Nc2ccc3sc(C(=O)O)cc3c2)n1. The fraction of sp³-hybridized carbons (Fsp3) is 0.294. The number of aromatic carboxylic acids is 1. The third-order valence-corrected chi connectivity index (χ3v) is 4.68. The normalized spacial score (nSPS) is 11.2. The molecule has 2 heterocycles. The Labute approximate surface area is 147 Å². The molecule has 0 unspecified atom stereocenters. The third-order valence-electron chi connectivity index (χ3n) is 3.58. The van der Waals surface area contributed by atoms with Crippen LogP contribution in [0.5, 0.6) is 0 Å². The Balaban J connectivity index is 1.62. The largest absolute Gasteiger partial charge is 0.477 e. The Morgan fingerprint density at radius 1 is 1.32 bits per heavy atom. The van der Waals surface area contributed by atoms with Crippen LogP contribution < -0.4 is 5.32 Å². The molecule has 0 spiro atoms. The molecule has 1 amide bonds. The second-order valence-corrected chi connectivity index (χ2v) is 7.00. The highest BCUT2D eigenvalue weighted by Crippen LogP contribution is 2.28. The molecule has 7 nitrogen and oxygen atoms in total. The van der Waals surface area contributed by atoms with E-state index in [9.17, 15) is 9.59 Å². The first-order valence-corrected chi connectivity index (χ1v) is 8.63. The molecule has 0 aliphatic rings. The molecule has 3 rings (SSSR count). The number of nitrogens with zero attached hydrogens (tertiary/aromatic N) is 2. The number of benzene rings is 1. The van der Waals surface area contributed by atoms with Crippen LogP contribution in [0.1, 0.15) is 47.6 Å². The fourth-order valence-electron chi connectivity index (χ4n) is 2.27. The summed E-state index contributed by atoms with van der Waals surface area (Å²) in [4.78, 5) is 27.6. The van der Waals surface area contributed by atoms with Gasteiger partial charge in [0.15, 0.2) is 5.82 Å². The summed E-state index contributed by atoms with van der Waals surface area (Å²) < 4.78 is 5.98. The van der Waals surface area contributed by atoms with Gasteiger partial charge < -0.3 is 14.9 Å². The van der Waals surface area contributed by atoms with Crippen LogP contribution >= 0.6 is 11.3 Å². The highest BCUT2D eigenvalue weighted by molar-refractivity contribution is 7.20. The van der Waals surface area contributed by atoms with Crippen molar-refractivity contribution < 1.29 is 19.2 Å². The number of carboxylic acid groups (broad SMARTS) is 1. The van der Waals surface area contributed by atoms with Crippen LogP contribution in [0.15, 0.2) is 28.8 Å². The number of amides is 1. The topological polar surface area (TPSA) is 105 Å². The summed E-state index contributed by atoms with van der Waals surface area (Å²) in [6.07, 6.45) is 0.594. The molecule has 3 aromatic rings. The molecule has 0 saturated carbocycles. The maximum Gasteiger partial charge on any atom is 0.345 e. The standard InChI is InChI=1S/C17H17N3O4S/c1-9(2)16-19-15(24-20-16)6-5-14(21)18-11-3-4-12-10(7-11)8-13(25-12)17(22)23/h3-4,7-9H,5-6H2,1-2H3,(H,18,21)(H,22,23). The van der Waals surface area contributed by atoms with Gasteiger partial charge in [0.1, 0.15) is 4.88 Å². The molecule has 0 radical (unpaired) electrons. The summed E-state index contributed by atoms with van der Waals surface area (Å²) in [5.41, 5.74) is 0.626. The molecule has 0 atom stereocenters. The lowest BCUT2D eigenvalue weighted by atomic mass is 10.2. The average molecular weight is 359 g/mol. The Bertz CT molecular complexity index is 929. The molecule has 0 fully saturated rings. The van der Waals surface area contributed by atoms with Gasteiger partial charge in [0.25, 0.3) is 0 Å². The zero-order valence-electron chi connectivity index (χ0n) is 13.8. The maximum absolute atomic E-state index is 12.1. The quantitative estimate of drug-likeness (QED) is 0.695. The van der Waals surface area contributed by atoms with Crippen LogP contribution in [-0.2, 0) is 11.2 Å². The van der Waals surface area contributed by atoms with E-state index in [1.165, 1.54) is 11.3 Å². The lowest BCUT2D eigenvalue weighted by Crippen LogP contribution is -2.12. The van der Waals surface area contributed by atoms with Gasteiger partial charge in [-0.3, -0.25) is 4.79 Å². The molecule has 2 aromatic heterocycles. The lowest BCUT2D eigenvalue weighted by Gasteiger charge is -2.04. The third kappa shape index (κ3) is 4.03. The fourth-order valence-corrected chi connectivity index (χ4v) is 3.16. The van der Waals surface area contributed by atoms with Crippen LogP contribution in [0.25, 0.3) is 10.1 Å². The number of hydrogen-bond donors (Lipinski definition) is 2. The summed E-state index contributed by atoms with van der Waals surface area (Å²) >= 11 is 1.21. The average Bonchev–Trinajstić information content (AvgIpc) is 3.19. The summed E-state index contributed by atoms with van der Waals surface area (Å²) in [5, 5.41) is 16.5. The van der Waals surface area contributed by atoms with E-state index in [-0.39, 0.29) is 23.1 Å². The van der Waals surface area contributed by atoms with Gasteiger partial charge in [-0.15, -0.1) is 11.3 Å². The second kappa shape index (κ2) is 7.02. The molecule has 25 heavy (non-hydrogen) atoms. The number of carbonyl (C=O) groups is 2. The van der Waals surface area contributed by atoms with Gasteiger partial charge in [0.2, 0.25) is 11.8 Å². The molecule has 0 aliphatic carbocycles. The number of nitrogens with one attached hydrogen (secondary N) is 1. The number of aryl methyl sites for hydroxylation is 1. The van der Waals surface area contributed by atoms with E-state index in [0.29, 0.717) is 23.8 Å². The Morgan fingerprint density at radius 3 is 2.80 bits per heavy atom. The number of carbonyl (C=O) groups excluding carboxylic acids is 1. The monoisotopic (exact) mass is 359 g/mol. The highest BCUT2D eigenvalue weighted by atomic mass is 32.1. The summed E-state index contributed by atoms with van der Waals surface area (Å²) in [5.74, 6) is 0.134. The van der Waals surface area contributed by atoms with Crippen molar-refractivity contribution in [2.45, 2.75) is 32.6 Å². The predicted octanol–water partition coefficient (Wildman–Crippen LogP) is 3.68. The first-order valence-electron chi connectivity index (χ1n) is 7.81. The van der Waals surface area contributed by atoms with Crippen LogP contribution in [0.3, 0.4) is 0 Å². The van der Waals surface area contributed by atoms with Crippen LogP contribution in [0.4, 0.5) is 5.69 Å². The van der Waals surface area contributed by atoms with E-state index in [1.54, 1.807) is 24.3 Å². The Morgan fingerprint density at radius 2 is 2.12 bits per heavy atom. The lowest BCUT2D eigenvalue weighted by molar-refractivity contribution is -0.116. The molecule has 0 saturated heterocycles. The van der Waals surface area contributed by atoms with Crippen molar-refractivity contribution in [3.8, 4) is 0 Å². The van der Waals surface area contributed by atoms with Crippen molar-refractivity contribution >= 4 is 39.0 Å². The van der Waals surface area contributed by atoms with Gasteiger partial charge in [0.05, 0.1) is 0 Å². The Kier molecular flexibility index (Phi) is 4.80. The molecule has 2 N–H and O–H groups in total. The highest BCUT2D eigenvalue weighted by Gasteiger charge is 2.12. The number of aromatic nitrogens is 2. The van der Waals surface area contributed by atoms with Gasteiger partial charge in [-0.05, 0) is 29.7 Å². The van der Waals surface area contributed by atoms with E-state index in [1.807, 2.05) is 13.8 Å². The minimum Gasteiger partial charge on any atom is -0.477 e. The van der Waals surface area contributed by atoms with Gasteiger partial charge in [-0.1, -0.05) is 19.0 Å². The van der Waals surface area contributed by atoms with Gasteiger partial charge in [0, 0.05) is 29.1 Å². The first-order chi connectivity index (χ1) is 11.9. The van der Waals surface area contributed by atoms with Crippen molar-refractivity contribution in [2.24, 2.45) is 0 Å². The zero-order chi connectivity index (χ0) is 18.0. The van der Waals surface area contributed by atoms with Crippen molar-refractivity contribution in [3.63, 3.8) is 0 Å². The van der Waals surface area contributed by atoms with Crippen LogP contribution in [0.2, 0.25) is 0 Å². The number of rotatable bonds is 6. The van der Waals surface area contributed by atoms with Gasteiger partial charge >= 0.3 is 5.97 Å². The Hall–Kier alpha value is -2.74. The minimum atomic E-state index is -0.952. The van der Waals surface area contributed by atoms with Crippen molar-refractivity contribution in [3.05, 3.63) is 40.9 Å². The maximum atomic E-state index is 12.1. The smallest absolute Gasteiger partial charge is 0.345 e. The molecule has 8 heteroatoms. The molecule has 0 aliphatic heterocycles. The van der Waals surface area contributed by atoms with E-state index in [0.717, 1.165) is 10.1 Å². The molecular formula is C17H17N3O4S. The van der Waals surface area contributed by atoms with Crippen LogP contribution in [-0.4, -0.2) is 27.1 Å². The van der Waals surface area contributed by atoms with Crippen LogP contribution in [0, 0.1) is 0 Å². The molecule has 1 aromatic carbocycles. The second-order valence-electron chi connectivity index (χ2n) is 5.92. The first kappa shape index (κ1) is 17.1.